The molecule has 2 aromatic rings. The highest BCUT2D eigenvalue weighted by molar-refractivity contribution is 5.79. The molecule has 0 radical (unpaired) electrons. The lowest BCUT2D eigenvalue weighted by molar-refractivity contribution is -0.120. The van der Waals surface area contributed by atoms with Crippen molar-refractivity contribution in [2.75, 3.05) is 19.6 Å². The number of aromatic nitrogens is 2. The van der Waals surface area contributed by atoms with Crippen molar-refractivity contribution >= 4 is 11.9 Å². The van der Waals surface area contributed by atoms with E-state index in [0.29, 0.717) is 26.1 Å². The number of nitrogens with one attached hydrogen (secondary N) is 2. The zero-order chi connectivity index (χ0) is 16.9. The first-order valence-electron chi connectivity index (χ1n) is 8.05. The molecule has 1 aliphatic heterocycles. The molecule has 0 spiro atoms. The summed E-state index contributed by atoms with van der Waals surface area (Å²) >= 11 is 0. The molecule has 1 aromatic heterocycles. The Labute approximate surface area is 140 Å². The summed E-state index contributed by atoms with van der Waals surface area (Å²) in [6.07, 6.45) is 3.95. The maximum Gasteiger partial charge on any atom is 0.317 e. The van der Waals surface area contributed by atoms with E-state index in [1.54, 1.807) is 15.8 Å². The third-order valence-electron chi connectivity index (χ3n) is 4.08. The second-order valence-electron chi connectivity index (χ2n) is 5.80. The number of benzene rings is 1. The Morgan fingerprint density at radius 1 is 1.33 bits per heavy atom. The second kappa shape index (κ2) is 7.16. The fourth-order valence-corrected chi connectivity index (χ4v) is 2.69. The highest BCUT2D eigenvalue weighted by atomic mass is 16.2. The molecule has 2 heterocycles. The van der Waals surface area contributed by atoms with Crippen molar-refractivity contribution in [2.24, 2.45) is 0 Å². The molecule has 2 N–H and O–H groups in total. The lowest BCUT2D eigenvalue weighted by Crippen LogP contribution is -2.42. The van der Waals surface area contributed by atoms with Crippen LogP contribution < -0.4 is 10.6 Å². The van der Waals surface area contributed by atoms with Gasteiger partial charge in [0.25, 0.3) is 0 Å². The molecule has 0 unspecified atom stereocenters. The van der Waals surface area contributed by atoms with E-state index >= 15 is 0 Å². The van der Waals surface area contributed by atoms with Crippen molar-refractivity contribution < 1.29 is 9.59 Å². The first kappa shape index (κ1) is 16.0. The monoisotopic (exact) mass is 327 g/mol. The largest absolute Gasteiger partial charge is 0.354 e. The fraction of sp³-hybridized carbons (Fsp3) is 0.353. The summed E-state index contributed by atoms with van der Waals surface area (Å²) in [4.78, 5) is 25.5. The number of nitrogens with zero attached hydrogens (tertiary/aromatic N) is 3. The molecule has 24 heavy (non-hydrogen) atoms. The summed E-state index contributed by atoms with van der Waals surface area (Å²) in [5.74, 6) is -0.00901. The minimum Gasteiger partial charge on any atom is -0.354 e. The summed E-state index contributed by atoms with van der Waals surface area (Å²) in [6, 6.07) is 9.48. The van der Waals surface area contributed by atoms with Crippen LogP contribution in [0.4, 0.5) is 4.79 Å². The molecule has 1 saturated heterocycles. The van der Waals surface area contributed by atoms with E-state index < -0.39 is 0 Å². The summed E-state index contributed by atoms with van der Waals surface area (Å²) in [6.45, 7) is 3.41. The number of carbonyl (C=O) groups excluding carboxylic acids is 2. The van der Waals surface area contributed by atoms with Crippen LogP contribution in [0.2, 0.25) is 0 Å². The zero-order valence-corrected chi connectivity index (χ0v) is 13.6. The molecule has 0 bridgehead atoms. The molecule has 3 amide bonds. The molecule has 1 aliphatic rings. The van der Waals surface area contributed by atoms with E-state index in [2.05, 4.69) is 15.7 Å². The second-order valence-corrected chi connectivity index (χ2v) is 5.80. The Balaban J connectivity index is 1.66. The molecule has 7 nitrogen and oxygen atoms in total. The van der Waals surface area contributed by atoms with Crippen LogP contribution in [0.25, 0.3) is 5.69 Å². The van der Waals surface area contributed by atoms with Gasteiger partial charge in [0, 0.05) is 38.4 Å². The van der Waals surface area contributed by atoms with E-state index in [-0.39, 0.29) is 18.0 Å². The predicted molar refractivity (Wildman–Crippen MR) is 89.7 cm³/mol. The van der Waals surface area contributed by atoms with Gasteiger partial charge < -0.3 is 15.5 Å². The van der Waals surface area contributed by atoms with Crippen molar-refractivity contribution in [2.45, 2.75) is 19.4 Å². The van der Waals surface area contributed by atoms with Crippen LogP contribution in [0.15, 0.2) is 42.7 Å². The number of urea groups is 1. The van der Waals surface area contributed by atoms with E-state index in [0.717, 1.165) is 11.3 Å². The molecule has 7 heteroatoms. The van der Waals surface area contributed by atoms with Gasteiger partial charge in [-0.05, 0) is 30.7 Å². The smallest absolute Gasteiger partial charge is 0.317 e. The molecular formula is C17H21N5O2. The molecule has 0 saturated carbocycles. The van der Waals surface area contributed by atoms with Crippen molar-refractivity contribution in [1.29, 1.82) is 0 Å². The topological polar surface area (TPSA) is 79.3 Å². The van der Waals surface area contributed by atoms with E-state index in [9.17, 15) is 9.59 Å². The predicted octanol–water partition coefficient (Wildman–Crippen LogP) is 1.46. The molecule has 3 rings (SSSR count). The number of amides is 3. The molecule has 1 aromatic carbocycles. The average molecular weight is 327 g/mol. The minimum atomic E-state index is -0.150. The van der Waals surface area contributed by atoms with Crippen LogP contribution in [0.1, 0.15) is 24.9 Å². The SMILES string of the molecule is C[C@H](NC(=O)N1CCNC(=O)CC1)c1cccc(-n2cccn2)c1. The van der Waals surface area contributed by atoms with E-state index in [1.165, 1.54) is 0 Å². The highest BCUT2D eigenvalue weighted by Gasteiger charge is 2.20. The van der Waals surface area contributed by atoms with Gasteiger partial charge in [0.15, 0.2) is 0 Å². The minimum absolute atomic E-state index is 0.00901. The van der Waals surface area contributed by atoms with Gasteiger partial charge in [-0.2, -0.15) is 5.10 Å². The molecule has 1 fully saturated rings. The van der Waals surface area contributed by atoms with Gasteiger partial charge >= 0.3 is 6.03 Å². The maximum absolute atomic E-state index is 12.4. The number of rotatable bonds is 3. The van der Waals surface area contributed by atoms with Crippen LogP contribution in [0.5, 0.6) is 0 Å². The standard InChI is InChI=1S/C17H21N5O2/c1-13(20-17(24)21-10-6-16(23)18-8-11-21)14-4-2-5-15(12-14)22-9-3-7-19-22/h2-5,7,9,12-13H,6,8,10-11H2,1H3,(H,18,23)(H,20,24)/t13-/m0/s1. The first-order chi connectivity index (χ1) is 11.6. The van der Waals surface area contributed by atoms with E-state index in [1.807, 2.05) is 43.5 Å². The lowest BCUT2D eigenvalue weighted by Gasteiger charge is -2.23. The molecular weight excluding hydrogens is 306 g/mol. The van der Waals surface area contributed by atoms with E-state index in [4.69, 9.17) is 0 Å². The third-order valence-corrected chi connectivity index (χ3v) is 4.08. The Morgan fingerprint density at radius 2 is 2.21 bits per heavy atom. The highest BCUT2D eigenvalue weighted by Crippen LogP contribution is 2.17. The number of hydrogen-bond donors (Lipinski definition) is 2. The summed E-state index contributed by atoms with van der Waals surface area (Å²) in [7, 11) is 0. The average Bonchev–Trinajstić information content (AvgIpc) is 3.04. The fourth-order valence-electron chi connectivity index (χ4n) is 2.69. The normalized spacial score (nSPS) is 16.2. The maximum atomic E-state index is 12.4. The van der Waals surface area contributed by atoms with Crippen molar-refractivity contribution in [3.8, 4) is 5.69 Å². The van der Waals surface area contributed by atoms with Crippen molar-refractivity contribution in [3.63, 3.8) is 0 Å². The Kier molecular flexibility index (Phi) is 4.79. The van der Waals surface area contributed by atoms with Gasteiger partial charge in [0.05, 0.1) is 11.7 Å². The van der Waals surface area contributed by atoms with Gasteiger partial charge in [-0.1, -0.05) is 12.1 Å². The Morgan fingerprint density at radius 3 is 3.00 bits per heavy atom. The Bertz CT molecular complexity index is 714. The Hall–Kier alpha value is -2.83. The summed E-state index contributed by atoms with van der Waals surface area (Å²) in [5, 5.41) is 9.99. The molecule has 126 valence electrons. The zero-order valence-electron chi connectivity index (χ0n) is 13.6. The van der Waals surface area contributed by atoms with Crippen LogP contribution in [0.3, 0.4) is 0 Å². The van der Waals surface area contributed by atoms with Gasteiger partial charge in [-0.3, -0.25) is 4.79 Å². The van der Waals surface area contributed by atoms with Crippen molar-refractivity contribution in [1.82, 2.24) is 25.3 Å². The van der Waals surface area contributed by atoms with Gasteiger partial charge in [0.2, 0.25) is 5.91 Å². The number of hydrogen-bond acceptors (Lipinski definition) is 3. The van der Waals surface area contributed by atoms with Crippen molar-refractivity contribution in [3.05, 3.63) is 48.3 Å². The summed E-state index contributed by atoms with van der Waals surface area (Å²) in [5.41, 5.74) is 1.95. The van der Waals surface area contributed by atoms with Gasteiger partial charge in [-0.25, -0.2) is 9.48 Å². The molecule has 1 atom stereocenters. The first-order valence-corrected chi connectivity index (χ1v) is 8.05. The van der Waals surface area contributed by atoms with Crippen LogP contribution in [-0.4, -0.2) is 46.3 Å². The van der Waals surface area contributed by atoms with Gasteiger partial charge in [-0.15, -0.1) is 0 Å². The lowest BCUT2D eigenvalue weighted by atomic mass is 10.1. The van der Waals surface area contributed by atoms with Gasteiger partial charge in [0.1, 0.15) is 0 Å². The van der Waals surface area contributed by atoms with Crippen LogP contribution in [0, 0.1) is 0 Å². The molecule has 0 aliphatic carbocycles. The number of carbonyl (C=O) groups is 2. The summed E-state index contributed by atoms with van der Waals surface area (Å²) < 4.78 is 1.78. The quantitative estimate of drug-likeness (QED) is 0.896. The third kappa shape index (κ3) is 3.73. The van der Waals surface area contributed by atoms with Crippen LogP contribution >= 0.6 is 0 Å². The van der Waals surface area contributed by atoms with Crippen LogP contribution in [-0.2, 0) is 4.79 Å².